The standard InChI is InChI=1S/C6H9NO4/c1-6(7,5(10)11)3-2-4(8)9/h2-3H,7H2,1H3,(H,8,9)(H,10,11)/b3-2+. The first-order valence-electron chi connectivity index (χ1n) is 2.80. The molecule has 0 spiro atoms. The highest BCUT2D eigenvalue weighted by Crippen LogP contribution is 2.00. The van der Waals surface area contributed by atoms with Gasteiger partial charge >= 0.3 is 11.9 Å². The highest BCUT2D eigenvalue weighted by atomic mass is 16.4. The predicted octanol–water partition coefficient (Wildman–Crippen LogP) is -0.571. The van der Waals surface area contributed by atoms with Crippen LogP contribution in [-0.2, 0) is 9.59 Å². The van der Waals surface area contributed by atoms with E-state index in [1.807, 2.05) is 0 Å². The average Bonchev–Trinajstić information content (AvgIpc) is 1.84. The normalized spacial score (nSPS) is 16.2. The minimum Gasteiger partial charge on any atom is -0.480 e. The van der Waals surface area contributed by atoms with Crippen molar-refractivity contribution in [2.24, 2.45) is 5.73 Å². The van der Waals surface area contributed by atoms with Gasteiger partial charge < -0.3 is 15.9 Å². The molecule has 5 heteroatoms. The molecule has 1 atom stereocenters. The molecular weight excluding hydrogens is 150 g/mol. The smallest absolute Gasteiger partial charge is 0.328 e. The Bertz CT molecular complexity index is 207. The van der Waals surface area contributed by atoms with Crippen LogP contribution in [0.3, 0.4) is 0 Å². The minimum atomic E-state index is -1.61. The van der Waals surface area contributed by atoms with Crippen LogP contribution in [0.25, 0.3) is 0 Å². The molecule has 4 N–H and O–H groups in total. The Labute approximate surface area is 63.1 Å². The summed E-state index contributed by atoms with van der Waals surface area (Å²) in [6, 6.07) is 0. The van der Waals surface area contributed by atoms with Crippen molar-refractivity contribution in [2.45, 2.75) is 12.5 Å². The average molecular weight is 159 g/mol. The van der Waals surface area contributed by atoms with Crippen molar-refractivity contribution in [1.29, 1.82) is 0 Å². The predicted molar refractivity (Wildman–Crippen MR) is 37.0 cm³/mol. The van der Waals surface area contributed by atoms with Crippen molar-refractivity contribution < 1.29 is 19.8 Å². The number of aliphatic carboxylic acids is 2. The molecule has 0 aliphatic heterocycles. The molecule has 0 rings (SSSR count). The van der Waals surface area contributed by atoms with Crippen LogP contribution in [0.15, 0.2) is 12.2 Å². The summed E-state index contributed by atoms with van der Waals surface area (Å²) >= 11 is 0. The van der Waals surface area contributed by atoms with Gasteiger partial charge in [0.25, 0.3) is 0 Å². The maximum absolute atomic E-state index is 10.3. The van der Waals surface area contributed by atoms with E-state index in [0.29, 0.717) is 6.08 Å². The van der Waals surface area contributed by atoms with Crippen molar-refractivity contribution in [1.82, 2.24) is 0 Å². The minimum absolute atomic E-state index is 0.703. The fourth-order valence-electron chi connectivity index (χ4n) is 0.316. The van der Waals surface area contributed by atoms with Gasteiger partial charge in [-0.05, 0) is 13.0 Å². The van der Waals surface area contributed by atoms with Crippen LogP contribution >= 0.6 is 0 Å². The molecule has 5 nitrogen and oxygen atoms in total. The van der Waals surface area contributed by atoms with Gasteiger partial charge in [0.15, 0.2) is 0 Å². The quantitative estimate of drug-likeness (QED) is 0.479. The van der Waals surface area contributed by atoms with Crippen LogP contribution < -0.4 is 5.73 Å². The largest absolute Gasteiger partial charge is 0.480 e. The van der Waals surface area contributed by atoms with Gasteiger partial charge in [0.05, 0.1) is 0 Å². The van der Waals surface area contributed by atoms with Gasteiger partial charge in [-0.2, -0.15) is 0 Å². The molecule has 0 saturated carbocycles. The van der Waals surface area contributed by atoms with E-state index in [9.17, 15) is 9.59 Å². The molecule has 0 aromatic carbocycles. The van der Waals surface area contributed by atoms with E-state index in [4.69, 9.17) is 15.9 Å². The Balaban J connectivity index is 4.35. The summed E-state index contributed by atoms with van der Waals surface area (Å²) in [6.45, 7) is 1.20. The molecule has 0 radical (unpaired) electrons. The zero-order chi connectivity index (χ0) is 9.07. The van der Waals surface area contributed by atoms with Crippen molar-refractivity contribution in [3.05, 3.63) is 12.2 Å². The monoisotopic (exact) mass is 159 g/mol. The van der Waals surface area contributed by atoms with Gasteiger partial charge in [-0.3, -0.25) is 0 Å². The van der Waals surface area contributed by atoms with Crippen LogP contribution in [0.1, 0.15) is 6.92 Å². The lowest BCUT2D eigenvalue weighted by Crippen LogP contribution is -2.42. The molecule has 1 unspecified atom stereocenters. The highest BCUT2D eigenvalue weighted by Gasteiger charge is 2.24. The van der Waals surface area contributed by atoms with E-state index in [1.165, 1.54) is 6.92 Å². The highest BCUT2D eigenvalue weighted by molar-refractivity contribution is 5.85. The van der Waals surface area contributed by atoms with E-state index in [1.54, 1.807) is 0 Å². The first-order valence-corrected chi connectivity index (χ1v) is 2.80. The van der Waals surface area contributed by atoms with Gasteiger partial charge in [0.2, 0.25) is 0 Å². The first-order chi connectivity index (χ1) is 4.86. The molecule has 11 heavy (non-hydrogen) atoms. The van der Waals surface area contributed by atoms with Crippen molar-refractivity contribution in [3.8, 4) is 0 Å². The Morgan fingerprint density at radius 1 is 1.45 bits per heavy atom. The molecule has 0 amide bonds. The van der Waals surface area contributed by atoms with Gasteiger partial charge in [-0.15, -0.1) is 0 Å². The topological polar surface area (TPSA) is 101 Å². The second-order valence-electron chi connectivity index (χ2n) is 2.26. The Hall–Kier alpha value is -1.36. The number of rotatable bonds is 3. The van der Waals surface area contributed by atoms with Crippen molar-refractivity contribution in [2.75, 3.05) is 0 Å². The number of carboxylic acid groups (broad SMARTS) is 2. The van der Waals surface area contributed by atoms with E-state index in [-0.39, 0.29) is 0 Å². The van der Waals surface area contributed by atoms with Crippen LogP contribution in [0.5, 0.6) is 0 Å². The molecule has 0 aliphatic carbocycles. The van der Waals surface area contributed by atoms with E-state index < -0.39 is 17.5 Å². The molecule has 0 aliphatic rings. The van der Waals surface area contributed by atoms with Crippen molar-refractivity contribution in [3.63, 3.8) is 0 Å². The van der Waals surface area contributed by atoms with Gasteiger partial charge in [0.1, 0.15) is 5.54 Å². The SMILES string of the molecule is CC(N)(/C=C/C(=O)O)C(=O)O. The third-order valence-corrected chi connectivity index (χ3v) is 1.03. The second-order valence-corrected chi connectivity index (χ2v) is 2.26. The van der Waals surface area contributed by atoms with E-state index >= 15 is 0 Å². The van der Waals surface area contributed by atoms with Crippen LogP contribution in [0.4, 0.5) is 0 Å². The molecule has 0 fully saturated rings. The number of hydrogen-bond donors (Lipinski definition) is 3. The van der Waals surface area contributed by atoms with Crippen LogP contribution in [-0.4, -0.2) is 27.7 Å². The third-order valence-electron chi connectivity index (χ3n) is 1.03. The number of hydrogen-bond acceptors (Lipinski definition) is 3. The first kappa shape index (κ1) is 9.64. The zero-order valence-electron chi connectivity index (χ0n) is 5.94. The van der Waals surface area contributed by atoms with E-state index in [2.05, 4.69) is 0 Å². The Kier molecular flexibility index (Phi) is 2.77. The van der Waals surface area contributed by atoms with Crippen molar-refractivity contribution >= 4 is 11.9 Å². The summed E-state index contributed by atoms with van der Waals surface area (Å²) in [4.78, 5) is 20.2. The fraction of sp³-hybridized carbons (Fsp3) is 0.333. The Morgan fingerprint density at radius 2 is 1.91 bits per heavy atom. The molecule has 0 aromatic heterocycles. The second kappa shape index (κ2) is 3.16. The molecular formula is C6H9NO4. The maximum atomic E-state index is 10.3. The molecule has 0 saturated heterocycles. The molecule has 62 valence electrons. The summed E-state index contributed by atoms with van der Waals surface area (Å²) in [6.07, 6.45) is 1.62. The zero-order valence-corrected chi connectivity index (χ0v) is 5.94. The molecule has 0 aromatic rings. The maximum Gasteiger partial charge on any atom is 0.328 e. The summed E-state index contributed by atoms with van der Waals surface area (Å²) in [5.41, 5.74) is 3.55. The summed E-state index contributed by atoms with van der Waals surface area (Å²) in [5, 5.41) is 16.5. The molecule has 0 heterocycles. The number of carbonyl (C=O) groups is 2. The van der Waals surface area contributed by atoms with Gasteiger partial charge in [-0.25, -0.2) is 9.59 Å². The third kappa shape index (κ3) is 3.36. The number of carboxylic acids is 2. The summed E-state index contributed by atoms with van der Waals surface area (Å²) in [7, 11) is 0. The van der Waals surface area contributed by atoms with Crippen LogP contribution in [0.2, 0.25) is 0 Å². The Morgan fingerprint density at radius 3 is 2.18 bits per heavy atom. The fourth-order valence-corrected chi connectivity index (χ4v) is 0.316. The summed E-state index contributed by atoms with van der Waals surface area (Å²) < 4.78 is 0. The summed E-state index contributed by atoms with van der Waals surface area (Å²) in [5.74, 6) is -2.49. The lowest BCUT2D eigenvalue weighted by atomic mass is 10.0. The van der Waals surface area contributed by atoms with E-state index in [0.717, 1.165) is 6.08 Å². The lowest BCUT2D eigenvalue weighted by molar-refractivity contribution is -0.140. The molecule has 0 bridgehead atoms. The van der Waals surface area contributed by atoms with Gasteiger partial charge in [0, 0.05) is 6.08 Å². The van der Waals surface area contributed by atoms with Crippen LogP contribution in [0, 0.1) is 0 Å². The lowest BCUT2D eigenvalue weighted by Gasteiger charge is -2.12. The van der Waals surface area contributed by atoms with Gasteiger partial charge in [-0.1, -0.05) is 0 Å². The number of nitrogens with two attached hydrogens (primary N) is 1.